The fraction of sp³-hybridized carbons (Fsp3) is 0.222. The van der Waals surface area contributed by atoms with Crippen LogP contribution < -0.4 is 4.74 Å². The molecule has 0 aliphatic carbocycles. The van der Waals surface area contributed by atoms with E-state index in [9.17, 15) is 0 Å². The molecule has 0 amide bonds. The van der Waals surface area contributed by atoms with Crippen LogP contribution in [0.2, 0.25) is 0 Å². The maximum Gasteiger partial charge on any atom is 0.138 e. The summed E-state index contributed by atoms with van der Waals surface area (Å²) in [7, 11) is 0. The fourth-order valence-corrected chi connectivity index (χ4v) is 1.04. The molecule has 1 rings (SSSR count). The molecule has 0 saturated heterocycles. The Kier molecular flexibility index (Phi) is 3.62. The summed E-state index contributed by atoms with van der Waals surface area (Å²) in [4.78, 5) is 3.94. The normalized spacial score (nSPS) is 9.00. The number of hydrogen-bond acceptors (Lipinski definition) is 2. The molecule has 1 heterocycles. The molecule has 0 aromatic carbocycles. The predicted molar refractivity (Wildman–Crippen MR) is 50.9 cm³/mol. The number of terminal acetylenes is 1. The summed E-state index contributed by atoms with van der Waals surface area (Å²) in [6.45, 7) is 0.536. The van der Waals surface area contributed by atoms with Gasteiger partial charge >= 0.3 is 0 Å². The van der Waals surface area contributed by atoms with E-state index in [1.807, 2.05) is 6.07 Å². The van der Waals surface area contributed by atoms with Gasteiger partial charge in [0.2, 0.25) is 0 Å². The summed E-state index contributed by atoms with van der Waals surface area (Å²) in [6.07, 6.45) is 9.04. The second-order valence-corrected chi connectivity index (χ2v) is 3.06. The highest BCUT2D eigenvalue weighted by Crippen LogP contribution is 2.15. The monoisotopic (exact) mass is 225 g/mol. The third-order valence-electron chi connectivity index (χ3n) is 1.19. The summed E-state index contributed by atoms with van der Waals surface area (Å²) in [5, 5.41) is 0. The van der Waals surface area contributed by atoms with Crippen molar-refractivity contribution in [2.75, 3.05) is 6.61 Å². The molecule has 0 radical (unpaired) electrons. The molecule has 0 aliphatic heterocycles. The Balaban J connectivity index is 2.48. The van der Waals surface area contributed by atoms with Gasteiger partial charge in [0.15, 0.2) is 0 Å². The van der Waals surface area contributed by atoms with Crippen molar-refractivity contribution in [2.45, 2.75) is 6.42 Å². The van der Waals surface area contributed by atoms with Crippen LogP contribution in [0, 0.1) is 12.3 Å². The molecule has 0 spiro atoms. The van der Waals surface area contributed by atoms with Crippen LogP contribution in [-0.4, -0.2) is 11.6 Å². The highest BCUT2D eigenvalue weighted by Gasteiger charge is 1.93. The lowest BCUT2D eigenvalue weighted by Gasteiger charge is -2.02. The second kappa shape index (κ2) is 4.78. The van der Waals surface area contributed by atoms with Gasteiger partial charge in [-0.25, -0.2) is 0 Å². The van der Waals surface area contributed by atoms with Gasteiger partial charge in [0.05, 0.1) is 12.8 Å². The number of halogens is 1. The second-order valence-electron chi connectivity index (χ2n) is 2.14. The van der Waals surface area contributed by atoms with Crippen molar-refractivity contribution in [3.8, 4) is 18.1 Å². The van der Waals surface area contributed by atoms with E-state index in [4.69, 9.17) is 11.2 Å². The Morgan fingerprint density at radius 1 is 1.58 bits per heavy atom. The van der Waals surface area contributed by atoms with Crippen LogP contribution in [0.3, 0.4) is 0 Å². The molecule has 0 N–H and O–H groups in total. The lowest BCUT2D eigenvalue weighted by Crippen LogP contribution is -1.95. The van der Waals surface area contributed by atoms with Gasteiger partial charge in [-0.1, -0.05) is 0 Å². The molecule has 0 atom stereocenters. The Labute approximate surface area is 80.1 Å². The van der Waals surface area contributed by atoms with E-state index in [-0.39, 0.29) is 0 Å². The third-order valence-corrected chi connectivity index (χ3v) is 1.63. The van der Waals surface area contributed by atoms with E-state index in [1.165, 1.54) is 0 Å². The number of pyridine rings is 1. The first kappa shape index (κ1) is 9.08. The fourth-order valence-electron chi connectivity index (χ4n) is 0.699. The molecule has 0 saturated carbocycles. The highest BCUT2D eigenvalue weighted by atomic mass is 79.9. The summed E-state index contributed by atoms with van der Waals surface area (Å²) >= 11 is 3.29. The van der Waals surface area contributed by atoms with E-state index in [2.05, 4.69) is 26.8 Å². The maximum atomic E-state index is 5.29. The predicted octanol–water partition coefficient (Wildman–Crippen LogP) is 2.25. The van der Waals surface area contributed by atoms with Gasteiger partial charge in [-0.05, 0) is 22.0 Å². The van der Waals surface area contributed by atoms with E-state index in [0.717, 1.165) is 10.2 Å². The number of nitrogens with zero attached hydrogens (tertiary/aromatic N) is 1. The van der Waals surface area contributed by atoms with Crippen molar-refractivity contribution in [1.82, 2.24) is 4.98 Å². The molecule has 2 nitrogen and oxygen atoms in total. The Hall–Kier alpha value is -1.01. The van der Waals surface area contributed by atoms with Crippen molar-refractivity contribution in [3.63, 3.8) is 0 Å². The Morgan fingerprint density at radius 2 is 2.42 bits per heavy atom. The number of aromatic nitrogens is 1. The summed E-state index contributed by atoms with van der Waals surface area (Å²) in [6, 6.07) is 1.85. The SMILES string of the molecule is C#CCCOc1cncc(Br)c1. The number of rotatable bonds is 3. The van der Waals surface area contributed by atoms with Crippen LogP contribution in [0.15, 0.2) is 22.9 Å². The van der Waals surface area contributed by atoms with Crippen molar-refractivity contribution in [3.05, 3.63) is 22.9 Å². The minimum atomic E-state index is 0.536. The molecule has 12 heavy (non-hydrogen) atoms. The van der Waals surface area contributed by atoms with E-state index in [1.54, 1.807) is 12.4 Å². The molecule has 62 valence electrons. The lowest BCUT2D eigenvalue weighted by molar-refractivity contribution is 0.325. The van der Waals surface area contributed by atoms with Crippen LogP contribution >= 0.6 is 15.9 Å². The zero-order chi connectivity index (χ0) is 8.81. The van der Waals surface area contributed by atoms with Crippen LogP contribution in [0.25, 0.3) is 0 Å². The first-order valence-corrected chi connectivity index (χ1v) is 4.29. The molecule has 0 bridgehead atoms. The summed E-state index contributed by atoms with van der Waals surface area (Å²) in [5.41, 5.74) is 0. The highest BCUT2D eigenvalue weighted by molar-refractivity contribution is 9.10. The third kappa shape index (κ3) is 2.93. The average Bonchev–Trinajstić information content (AvgIpc) is 2.05. The Bertz CT molecular complexity index is 293. The molecule has 0 aliphatic rings. The minimum absolute atomic E-state index is 0.536. The molecule has 3 heteroatoms. The first-order valence-electron chi connectivity index (χ1n) is 3.50. The Morgan fingerprint density at radius 3 is 3.08 bits per heavy atom. The van der Waals surface area contributed by atoms with E-state index in [0.29, 0.717) is 13.0 Å². The van der Waals surface area contributed by atoms with Gasteiger partial charge in [0.25, 0.3) is 0 Å². The van der Waals surface area contributed by atoms with Gasteiger partial charge < -0.3 is 4.74 Å². The van der Waals surface area contributed by atoms with Crippen molar-refractivity contribution in [1.29, 1.82) is 0 Å². The molecule has 0 fully saturated rings. The van der Waals surface area contributed by atoms with Gasteiger partial charge in [0.1, 0.15) is 5.75 Å². The van der Waals surface area contributed by atoms with Gasteiger partial charge in [-0.3, -0.25) is 4.98 Å². The molecule has 0 unspecified atom stereocenters. The summed E-state index contributed by atoms with van der Waals surface area (Å²) in [5.74, 6) is 3.23. The minimum Gasteiger partial charge on any atom is -0.491 e. The quantitative estimate of drug-likeness (QED) is 0.582. The van der Waals surface area contributed by atoms with Gasteiger partial charge in [-0.2, -0.15) is 0 Å². The lowest BCUT2D eigenvalue weighted by atomic mass is 10.4. The van der Waals surface area contributed by atoms with E-state index < -0.39 is 0 Å². The maximum absolute atomic E-state index is 5.29. The average molecular weight is 226 g/mol. The van der Waals surface area contributed by atoms with Crippen LogP contribution in [0.4, 0.5) is 0 Å². The van der Waals surface area contributed by atoms with Crippen LogP contribution in [-0.2, 0) is 0 Å². The molecular formula is C9H8BrNO. The van der Waals surface area contributed by atoms with E-state index >= 15 is 0 Å². The van der Waals surface area contributed by atoms with Crippen LogP contribution in [0.5, 0.6) is 5.75 Å². The number of ether oxygens (including phenoxy) is 1. The zero-order valence-corrected chi connectivity index (χ0v) is 8.04. The van der Waals surface area contributed by atoms with Crippen LogP contribution in [0.1, 0.15) is 6.42 Å². The molecule has 1 aromatic rings. The standard InChI is InChI=1S/C9H8BrNO/c1-2-3-4-12-9-5-8(10)6-11-7-9/h1,5-7H,3-4H2. The summed E-state index contributed by atoms with van der Waals surface area (Å²) < 4.78 is 6.20. The first-order chi connectivity index (χ1) is 5.83. The zero-order valence-electron chi connectivity index (χ0n) is 6.46. The van der Waals surface area contributed by atoms with Gasteiger partial charge in [-0.15, -0.1) is 12.3 Å². The van der Waals surface area contributed by atoms with Crippen molar-refractivity contribution in [2.24, 2.45) is 0 Å². The van der Waals surface area contributed by atoms with Gasteiger partial charge in [0, 0.05) is 17.1 Å². The topological polar surface area (TPSA) is 22.1 Å². The smallest absolute Gasteiger partial charge is 0.138 e. The largest absolute Gasteiger partial charge is 0.491 e. The van der Waals surface area contributed by atoms with Crippen molar-refractivity contribution < 1.29 is 4.74 Å². The van der Waals surface area contributed by atoms with Crippen molar-refractivity contribution >= 4 is 15.9 Å². The number of hydrogen-bond donors (Lipinski definition) is 0. The molecule has 1 aromatic heterocycles. The molecular weight excluding hydrogens is 218 g/mol.